The maximum Gasteiger partial charge on any atom is 0.248 e. The van der Waals surface area contributed by atoms with E-state index in [-0.39, 0.29) is 31.1 Å². The summed E-state index contributed by atoms with van der Waals surface area (Å²) in [5.74, 6) is 0.593. The second kappa shape index (κ2) is 15.9. The Morgan fingerprint density at radius 3 is 2.22 bits per heavy atom. The second-order valence-electron chi connectivity index (χ2n) is 9.22. The summed E-state index contributed by atoms with van der Waals surface area (Å²) in [6, 6.07) is 0. The molecule has 0 N–H and O–H groups in total. The Morgan fingerprint density at radius 2 is 1.53 bits per heavy atom. The lowest BCUT2D eigenvalue weighted by molar-refractivity contribution is -0.139. The molecule has 0 unspecified atom stereocenters. The molecule has 12 nitrogen and oxygen atoms in total. The molecule has 0 aromatic carbocycles. The van der Waals surface area contributed by atoms with Gasteiger partial charge in [0.1, 0.15) is 18.8 Å². The maximum atomic E-state index is 12.5. The molecule has 0 atom stereocenters. The summed E-state index contributed by atoms with van der Waals surface area (Å²) in [4.78, 5) is 28.4. The number of hydrogen-bond donors (Lipinski definition) is 0. The highest BCUT2D eigenvalue weighted by molar-refractivity contribution is 5.77. The fourth-order valence-corrected chi connectivity index (χ4v) is 4.41. The van der Waals surface area contributed by atoms with Crippen molar-refractivity contribution in [3.05, 3.63) is 11.9 Å². The minimum Gasteiger partial charge on any atom is -0.384 e. The third kappa shape index (κ3) is 9.74. The molecule has 0 spiro atoms. The fraction of sp³-hybridized carbons (Fsp3) is 0.833. The van der Waals surface area contributed by atoms with Crippen molar-refractivity contribution in [1.82, 2.24) is 24.8 Å². The van der Waals surface area contributed by atoms with Crippen LogP contribution in [-0.4, -0.2) is 123 Å². The lowest BCUT2D eigenvalue weighted by atomic mass is 9.98. The van der Waals surface area contributed by atoms with Gasteiger partial charge in [-0.25, -0.2) is 4.68 Å². The molecule has 204 valence electrons. The molecular weight excluding hydrogens is 470 g/mol. The van der Waals surface area contributed by atoms with Crippen LogP contribution in [-0.2, 0) is 46.4 Å². The van der Waals surface area contributed by atoms with E-state index < -0.39 is 0 Å². The second-order valence-corrected chi connectivity index (χ2v) is 9.22. The molecule has 3 heterocycles. The molecule has 1 aromatic rings. The van der Waals surface area contributed by atoms with Crippen molar-refractivity contribution < 1.29 is 33.3 Å². The van der Waals surface area contributed by atoms with E-state index in [4.69, 9.17) is 23.7 Å². The minimum atomic E-state index is 0.00859. The maximum absolute atomic E-state index is 12.5. The quantitative estimate of drug-likeness (QED) is 0.307. The fourth-order valence-electron chi connectivity index (χ4n) is 4.41. The van der Waals surface area contributed by atoms with Crippen LogP contribution < -0.4 is 0 Å². The summed E-state index contributed by atoms with van der Waals surface area (Å²) in [5, 5.41) is 8.10. The smallest absolute Gasteiger partial charge is 0.248 e. The first-order chi connectivity index (χ1) is 17.6. The van der Waals surface area contributed by atoms with Gasteiger partial charge in [0.25, 0.3) is 0 Å². The van der Waals surface area contributed by atoms with Crippen LogP contribution >= 0.6 is 0 Å². The highest BCUT2D eigenvalue weighted by Gasteiger charge is 2.23. The SMILES string of the molecule is COCC1CCN(C(=O)Cn2cc(COCCOCCOCC(=O)N3CCC(OC)CC3)nn2)CC1. The number of methoxy groups -OCH3 is 2. The summed E-state index contributed by atoms with van der Waals surface area (Å²) in [5.41, 5.74) is 0.665. The molecule has 36 heavy (non-hydrogen) atoms. The van der Waals surface area contributed by atoms with Crippen LogP contribution in [0.15, 0.2) is 6.20 Å². The lowest BCUT2D eigenvalue weighted by Gasteiger charge is -2.31. The van der Waals surface area contributed by atoms with Crippen molar-refractivity contribution in [1.29, 1.82) is 0 Å². The number of amides is 2. The summed E-state index contributed by atoms with van der Waals surface area (Å²) in [6.45, 7) is 5.80. The number of carbonyl (C=O) groups excluding carboxylic acids is 2. The van der Waals surface area contributed by atoms with Gasteiger partial charge in [-0.3, -0.25) is 9.59 Å². The van der Waals surface area contributed by atoms with Gasteiger partial charge in [-0.2, -0.15) is 0 Å². The van der Waals surface area contributed by atoms with Gasteiger partial charge in [0, 0.05) is 47.0 Å². The van der Waals surface area contributed by atoms with E-state index in [1.807, 2.05) is 9.80 Å². The molecule has 12 heteroatoms. The van der Waals surface area contributed by atoms with Crippen molar-refractivity contribution in [3.8, 4) is 0 Å². The van der Waals surface area contributed by atoms with Crippen molar-refractivity contribution in [3.63, 3.8) is 0 Å². The third-order valence-electron chi connectivity index (χ3n) is 6.60. The summed E-state index contributed by atoms with van der Waals surface area (Å²) < 4.78 is 28.6. The van der Waals surface area contributed by atoms with E-state index in [0.29, 0.717) is 57.7 Å². The number of rotatable bonds is 15. The summed E-state index contributed by atoms with van der Waals surface area (Å²) in [7, 11) is 3.42. The lowest BCUT2D eigenvalue weighted by Crippen LogP contribution is -2.42. The van der Waals surface area contributed by atoms with E-state index >= 15 is 0 Å². The molecule has 0 radical (unpaired) electrons. The van der Waals surface area contributed by atoms with Crippen LogP contribution in [0, 0.1) is 5.92 Å². The zero-order valence-corrected chi connectivity index (χ0v) is 21.6. The van der Waals surface area contributed by atoms with E-state index in [2.05, 4.69) is 10.3 Å². The first-order valence-electron chi connectivity index (χ1n) is 12.8. The third-order valence-corrected chi connectivity index (χ3v) is 6.60. The molecule has 2 aliphatic rings. The van der Waals surface area contributed by atoms with Gasteiger partial charge < -0.3 is 33.5 Å². The van der Waals surface area contributed by atoms with Gasteiger partial charge in [0.15, 0.2) is 0 Å². The van der Waals surface area contributed by atoms with E-state index in [9.17, 15) is 9.59 Å². The molecular formula is C24H41N5O7. The zero-order valence-electron chi connectivity index (χ0n) is 21.6. The molecule has 2 aliphatic heterocycles. The van der Waals surface area contributed by atoms with Crippen LogP contribution in [0.4, 0.5) is 0 Å². The zero-order chi connectivity index (χ0) is 25.6. The van der Waals surface area contributed by atoms with Crippen LogP contribution in [0.1, 0.15) is 31.4 Å². The van der Waals surface area contributed by atoms with Crippen LogP contribution in [0.5, 0.6) is 0 Å². The Kier molecular flexibility index (Phi) is 12.5. The Balaban J connectivity index is 1.17. The Bertz CT molecular complexity index is 777. The van der Waals surface area contributed by atoms with Gasteiger partial charge in [-0.1, -0.05) is 5.21 Å². The van der Waals surface area contributed by atoms with Crippen molar-refractivity contribution in [2.75, 3.05) is 80.0 Å². The Hall–Kier alpha value is -2.12. The number of ether oxygens (including phenoxy) is 5. The van der Waals surface area contributed by atoms with Crippen molar-refractivity contribution >= 4 is 11.8 Å². The number of aromatic nitrogens is 3. The monoisotopic (exact) mass is 511 g/mol. The van der Waals surface area contributed by atoms with Gasteiger partial charge in [0.2, 0.25) is 11.8 Å². The largest absolute Gasteiger partial charge is 0.384 e. The van der Waals surface area contributed by atoms with Gasteiger partial charge in [0.05, 0.1) is 45.3 Å². The van der Waals surface area contributed by atoms with Gasteiger partial charge in [-0.05, 0) is 31.6 Å². The minimum absolute atomic E-state index is 0.00859. The van der Waals surface area contributed by atoms with Crippen molar-refractivity contribution in [2.45, 2.75) is 44.9 Å². The van der Waals surface area contributed by atoms with Gasteiger partial charge >= 0.3 is 0 Å². The Labute approximate surface area is 213 Å². The molecule has 0 aliphatic carbocycles. The summed E-state index contributed by atoms with van der Waals surface area (Å²) in [6.07, 6.45) is 5.66. The van der Waals surface area contributed by atoms with E-state index in [1.54, 1.807) is 25.1 Å². The van der Waals surface area contributed by atoms with E-state index in [0.717, 1.165) is 45.4 Å². The van der Waals surface area contributed by atoms with Crippen LogP contribution in [0.3, 0.4) is 0 Å². The number of nitrogens with zero attached hydrogens (tertiary/aromatic N) is 5. The number of piperidine rings is 2. The molecule has 2 saturated heterocycles. The molecule has 1 aromatic heterocycles. The number of carbonyl (C=O) groups is 2. The molecule has 0 bridgehead atoms. The predicted octanol–water partition coefficient (Wildman–Crippen LogP) is 0.350. The van der Waals surface area contributed by atoms with Crippen molar-refractivity contribution in [2.24, 2.45) is 5.92 Å². The highest BCUT2D eigenvalue weighted by Crippen LogP contribution is 2.17. The van der Waals surface area contributed by atoms with E-state index in [1.165, 1.54) is 0 Å². The molecule has 2 amide bonds. The normalized spacial score (nSPS) is 17.6. The molecule has 3 rings (SSSR count). The van der Waals surface area contributed by atoms with Gasteiger partial charge in [-0.15, -0.1) is 5.10 Å². The number of likely N-dealkylation sites (tertiary alicyclic amines) is 2. The topological polar surface area (TPSA) is 117 Å². The highest BCUT2D eigenvalue weighted by atomic mass is 16.5. The molecule has 2 fully saturated rings. The average molecular weight is 512 g/mol. The number of hydrogen-bond acceptors (Lipinski definition) is 9. The summed E-state index contributed by atoms with van der Waals surface area (Å²) >= 11 is 0. The molecule has 0 saturated carbocycles. The standard InChI is InChI=1S/C24H41N5O7/c1-32-17-20-3-7-27(8-4-20)23(30)16-29-15-21(25-26-29)18-35-13-11-34-12-14-36-19-24(31)28-9-5-22(33-2)6-10-28/h15,20,22H,3-14,16-19H2,1-2H3. The van der Waals surface area contributed by atoms with Crippen LogP contribution in [0.25, 0.3) is 0 Å². The predicted molar refractivity (Wildman–Crippen MR) is 129 cm³/mol. The first kappa shape index (κ1) is 28.5. The Morgan fingerprint density at radius 1 is 0.889 bits per heavy atom. The van der Waals surface area contributed by atoms with Crippen LogP contribution in [0.2, 0.25) is 0 Å². The average Bonchev–Trinajstić information content (AvgIpc) is 3.35. The first-order valence-corrected chi connectivity index (χ1v) is 12.8.